The van der Waals surface area contributed by atoms with E-state index < -0.39 is 10.0 Å². The van der Waals surface area contributed by atoms with Crippen molar-refractivity contribution in [3.05, 3.63) is 102 Å². The quantitative estimate of drug-likeness (QED) is 0.528. The van der Waals surface area contributed by atoms with Gasteiger partial charge in [-0.2, -0.15) is 0 Å². The van der Waals surface area contributed by atoms with Gasteiger partial charge in [0.2, 0.25) is 10.0 Å². The number of ether oxygens (including phenoxy) is 1. The molecule has 0 bridgehead atoms. The molecule has 3 aromatic rings. The molecular weight excluding hydrogens is 448 g/mol. The first-order chi connectivity index (χ1) is 16.4. The normalized spacial score (nSPS) is 15.4. The van der Waals surface area contributed by atoms with Crippen molar-refractivity contribution < 1.29 is 17.9 Å². The molecule has 6 nitrogen and oxygen atoms in total. The highest BCUT2D eigenvalue weighted by Gasteiger charge is 2.34. The van der Waals surface area contributed by atoms with E-state index in [9.17, 15) is 13.2 Å². The summed E-state index contributed by atoms with van der Waals surface area (Å²) in [5, 5.41) is 3.12. The van der Waals surface area contributed by atoms with E-state index in [4.69, 9.17) is 4.74 Å². The SMILES string of the molecule is CS(=O)(=O)N(Cc1ccc(C(=O)NCC2(c3ccccc3)CCOCC2)cc1)c1ccccc1. The molecule has 1 N–H and O–H groups in total. The summed E-state index contributed by atoms with van der Waals surface area (Å²) in [5.41, 5.74) is 3.03. The van der Waals surface area contributed by atoms with Crippen LogP contribution >= 0.6 is 0 Å². The van der Waals surface area contributed by atoms with Gasteiger partial charge in [-0.05, 0) is 48.2 Å². The van der Waals surface area contributed by atoms with Gasteiger partial charge in [0.05, 0.1) is 18.5 Å². The van der Waals surface area contributed by atoms with E-state index in [1.54, 1.807) is 36.4 Å². The predicted molar refractivity (Wildman–Crippen MR) is 134 cm³/mol. The van der Waals surface area contributed by atoms with Crippen LogP contribution in [0, 0.1) is 0 Å². The maximum absolute atomic E-state index is 12.9. The molecule has 1 fully saturated rings. The lowest BCUT2D eigenvalue weighted by Gasteiger charge is -2.38. The fraction of sp³-hybridized carbons (Fsp3) is 0.296. The second-order valence-electron chi connectivity index (χ2n) is 8.74. The molecule has 0 unspecified atom stereocenters. The van der Waals surface area contributed by atoms with Crippen molar-refractivity contribution in [2.24, 2.45) is 0 Å². The van der Waals surface area contributed by atoms with Gasteiger partial charge in [-0.3, -0.25) is 9.10 Å². The zero-order chi connectivity index (χ0) is 24.0. The number of sulfonamides is 1. The molecular formula is C27H30N2O4S. The number of hydrogen-bond acceptors (Lipinski definition) is 4. The lowest BCUT2D eigenvalue weighted by atomic mass is 9.74. The van der Waals surface area contributed by atoms with Crippen molar-refractivity contribution in [3.8, 4) is 0 Å². The summed E-state index contributed by atoms with van der Waals surface area (Å²) in [6.45, 7) is 2.09. The first-order valence-electron chi connectivity index (χ1n) is 11.4. The van der Waals surface area contributed by atoms with Gasteiger partial charge in [0.1, 0.15) is 0 Å². The van der Waals surface area contributed by atoms with Crippen LogP contribution in [-0.4, -0.2) is 40.3 Å². The number of rotatable bonds is 8. The number of carbonyl (C=O) groups is 1. The summed E-state index contributed by atoms with van der Waals surface area (Å²) in [7, 11) is -3.45. The predicted octanol–water partition coefficient (Wildman–Crippen LogP) is 4.13. The zero-order valence-corrected chi connectivity index (χ0v) is 20.1. The van der Waals surface area contributed by atoms with E-state index in [2.05, 4.69) is 17.4 Å². The van der Waals surface area contributed by atoms with Crippen LogP contribution in [0.5, 0.6) is 0 Å². The second kappa shape index (κ2) is 10.4. The van der Waals surface area contributed by atoms with Crippen molar-refractivity contribution >= 4 is 21.6 Å². The topological polar surface area (TPSA) is 75.7 Å². The maximum atomic E-state index is 12.9. The number of hydrogen-bond donors (Lipinski definition) is 1. The summed E-state index contributed by atoms with van der Waals surface area (Å²) in [6.07, 6.45) is 2.91. The number of carbonyl (C=O) groups excluding carboxylic acids is 1. The summed E-state index contributed by atoms with van der Waals surface area (Å²) in [6, 6.07) is 26.4. The van der Waals surface area contributed by atoms with Gasteiger partial charge >= 0.3 is 0 Å². The van der Waals surface area contributed by atoms with Crippen LogP contribution in [-0.2, 0) is 26.7 Å². The largest absolute Gasteiger partial charge is 0.381 e. The minimum atomic E-state index is -3.45. The molecule has 1 saturated heterocycles. The zero-order valence-electron chi connectivity index (χ0n) is 19.3. The molecule has 0 radical (unpaired) electrons. The number of para-hydroxylation sites is 1. The standard InChI is InChI=1S/C27H30N2O4S/c1-34(31,32)29(25-10-6-3-7-11-25)20-22-12-14-23(15-13-22)26(30)28-21-27(16-18-33-19-17-27)24-8-4-2-5-9-24/h2-15H,16-21H2,1H3,(H,28,30). The maximum Gasteiger partial charge on any atom is 0.251 e. The minimum Gasteiger partial charge on any atom is -0.381 e. The van der Waals surface area contributed by atoms with Gasteiger partial charge in [-0.15, -0.1) is 0 Å². The van der Waals surface area contributed by atoms with Crippen molar-refractivity contribution in [1.82, 2.24) is 5.32 Å². The molecule has 34 heavy (non-hydrogen) atoms. The van der Waals surface area contributed by atoms with Gasteiger partial charge in [0.15, 0.2) is 0 Å². The Labute approximate surface area is 201 Å². The number of nitrogens with one attached hydrogen (secondary N) is 1. The average Bonchev–Trinajstić information content (AvgIpc) is 2.87. The Balaban J connectivity index is 1.45. The molecule has 0 atom stereocenters. The highest BCUT2D eigenvalue weighted by atomic mass is 32.2. The van der Waals surface area contributed by atoms with E-state index in [0.29, 0.717) is 31.0 Å². The highest BCUT2D eigenvalue weighted by molar-refractivity contribution is 7.92. The van der Waals surface area contributed by atoms with Gasteiger partial charge in [0.25, 0.3) is 5.91 Å². The Bertz CT molecular complexity index is 1190. The highest BCUT2D eigenvalue weighted by Crippen LogP contribution is 2.34. The van der Waals surface area contributed by atoms with Crippen LogP contribution in [0.1, 0.15) is 34.3 Å². The fourth-order valence-electron chi connectivity index (χ4n) is 4.39. The van der Waals surface area contributed by atoms with Crippen molar-refractivity contribution in [3.63, 3.8) is 0 Å². The Hall–Kier alpha value is -3.16. The molecule has 3 aromatic carbocycles. The second-order valence-corrected chi connectivity index (χ2v) is 10.7. The fourth-order valence-corrected chi connectivity index (χ4v) is 5.28. The van der Waals surface area contributed by atoms with E-state index in [1.165, 1.54) is 16.1 Å². The molecule has 0 aliphatic carbocycles. The van der Waals surface area contributed by atoms with Gasteiger partial charge in [0, 0.05) is 30.7 Å². The van der Waals surface area contributed by atoms with Crippen LogP contribution in [0.25, 0.3) is 0 Å². The van der Waals surface area contributed by atoms with Crippen LogP contribution in [0.15, 0.2) is 84.9 Å². The third-order valence-electron chi connectivity index (χ3n) is 6.41. The Morgan fingerprint density at radius 1 is 0.912 bits per heavy atom. The van der Waals surface area contributed by atoms with E-state index in [0.717, 1.165) is 18.4 Å². The van der Waals surface area contributed by atoms with E-state index >= 15 is 0 Å². The number of benzene rings is 3. The molecule has 178 valence electrons. The molecule has 4 rings (SSSR count). The van der Waals surface area contributed by atoms with Crippen LogP contribution in [0.4, 0.5) is 5.69 Å². The van der Waals surface area contributed by atoms with Crippen LogP contribution in [0.3, 0.4) is 0 Å². The first kappa shape index (κ1) is 24.0. The van der Waals surface area contributed by atoms with E-state index in [-0.39, 0.29) is 17.9 Å². The molecule has 7 heteroatoms. The Morgan fingerprint density at radius 3 is 2.09 bits per heavy atom. The lowest BCUT2D eigenvalue weighted by molar-refractivity contribution is 0.0487. The van der Waals surface area contributed by atoms with Crippen LogP contribution in [0.2, 0.25) is 0 Å². The molecule has 0 spiro atoms. The van der Waals surface area contributed by atoms with E-state index in [1.807, 2.05) is 36.4 Å². The Kier molecular flexibility index (Phi) is 7.34. The lowest BCUT2D eigenvalue weighted by Crippen LogP contribution is -2.44. The molecule has 1 aliphatic heterocycles. The molecule has 1 aliphatic rings. The number of amides is 1. The Morgan fingerprint density at radius 2 is 1.50 bits per heavy atom. The third kappa shape index (κ3) is 5.66. The summed E-state index contributed by atoms with van der Waals surface area (Å²) in [5.74, 6) is -0.142. The van der Waals surface area contributed by atoms with Crippen molar-refractivity contribution in [2.75, 3.05) is 30.3 Å². The van der Waals surface area contributed by atoms with Gasteiger partial charge in [-0.25, -0.2) is 8.42 Å². The van der Waals surface area contributed by atoms with Crippen molar-refractivity contribution in [1.29, 1.82) is 0 Å². The molecule has 0 saturated carbocycles. The van der Waals surface area contributed by atoms with Gasteiger partial charge in [-0.1, -0.05) is 60.7 Å². The number of nitrogens with zero attached hydrogens (tertiary/aromatic N) is 1. The summed E-state index contributed by atoms with van der Waals surface area (Å²) in [4.78, 5) is 12.9. The minimum absolute atomic E-state index is 0.138. The monoisotopic (exact) mass is 478 g/mol. The third-order valence-corrected chi connectivity index (χ3v) is 7.55. The molecule has 1 heterocycles. The average molecular weight is 479 g/mol. The molecule has 1 amide bonds. The van der Waals surface area contributed by atoms with Crippen molar-refractivity contribution in [2.45, 2.75) is 24.8 Å². The summed E-state index contributed by atoms with van der Waals surface area (Å²) >= 11 is 0. The van der Waals surface area contributed by atoms with Gasteiger partial charge < -0.3 is 10.1 Å². The first-order valence-corrected chi connectivity index (χ1v) is 13.3. The molecule has 0 aromatic heterocycles. The smallest absolute Gasteiger partial charge is 0.251 e. The summed E-state index contributed by atoms with van der Waals surface area (Å²) < 4.78 is 31.6. The number of anilines is 1. The van der Waals surface area contributed by atoms with Crippen LogP contribution < -0.4 is 9.62 Å².